The molecule has 0 spiro atoms. The van der Waals surface area contributed by atoms with Crippen LogP contribution in [0.3, 0.4) is 0 Å². The van der Waals surface area contributed by atoms with Crippen LogP contribution in [0, 0.1) is 5.92 Å². The smallest absolute Gasteiger partial charge is 0.310 e. The molecule has 18 heavy (non-hydrogen) atoms. The highest BCUT2D eigenvalue weighted by atomic mass is 16.5. The maximum atomic E-state index is 11.5. The topological polar surface area (TPSA) is 70.8 Å². The second kappa shape index (κ2) is 6.86. The first-order valence-electron chi connectivity index (χ1n) is 5.65. The summed E-state index contributed by atoms with van der Waals surface area (Å²) in [6.07, 6.45) is 0.517. The monoisotopic (exact) mass is 253 g/mol. The molecule has 5 heteroatoms. The maximum Gasteiger partial charge on any atom is 0.310 e. The van der Waals surface area contributed by atoms with Crippen LogP contribution in [0.1, 0.15) is 5.56 Å². The Labute approximate surface area is 107 Å². The number of hydrogen-bond donors (Lipinski definition) is 1. The number of methoxy groups -OCH3 is 3. The molecule has 1 atom stereocenters. The predicted octanol–water partition coefficient (Wildman–Crippen LogP) is 0.994. The van der Waals surface area contributed by atoms with E-state index in [0.29, 0.717) is 17.9 Å². The van der Waals surface area contributed by atoms with Crippen LogP contribution >= 0.6 is 0 Å². The van der Waals surface area contributed by atoms with Gasteiger partial charge < -0.3 is 19.9 Å². The van der Waals surface area contributed by atoms with Crippen LogP contribution < -0.4 is 15.2 Å². The van der Waals surface area contributed by atoms with E-state index < -0.39 is 0 Å². The molecule has 0 aromatic heterocycles. The van der Waals surface area contributed by atoms with Gasteiger partial charge in [0.1, 0.15) is 0 Å². The predicted molar refractivity (Wildman–Crippen MR) is 67.8 cm³/mol. The number of benzene rings is 1. The maximum absolute atomic E-state index is 11.5. The highest BCUT2D eigenvalue weighted by Crippen LogP contribution is 2.28. The molecule has 100 valence electrons. The lowest BCUT2D eigenvalue weighted by Gasteiger charge is -2.14. The van der Waals surface area contributed by atoms with Crippen molar-refractivity contribution < 1.29 is 19.0 Å². The molecule has 1 rings (SSSR count). The fourth-order valence-corrected chi connectivity index (χ4v) is 1.72. The number of carbonyl (C=O) groups is 1. The molecule has 5 nitrogen and oxygen atoms in total. The molecule has 0 bridgehead atoms. The molecule has 0 amide bonds. The van der Waals surface area contributed by atoms with Gasteiger partial charge in [0.05, 0.1) is 27.2 Å². The molecule has 0 unspecified atom stereocenters. The van der Waals surface area contributed by atoms with Crippen molar-refractivity contribution in [1.82, 2.24) is 0 Å². The number of hydrogen-bond acceptors (Lipinski definition) is 5. The fraction of sp³-hybridized carbons (Fsp3) is 0.462. The second-order valence-electron chi connectivity index (χ2n) is 3.85. The van der Waals surface area contributed by atoms with Crippen molar-refractivity contribution >= 4 is 5.97 Å². The lowest BCUT2D eigenvalue weighted by atomic mass is 9.99. The number of nitrogens with two attached hydrogens (primary N) is 1. The zero-order valence-corrected chi connectivity index (χ0v) is 10.9. The summed E-state index contributed by atoms with van der Waals surface area (Å²) in [5.41, 5.74) is 6.52. The van der Waals surface area contributed by atoms with E-state index in [0.717, 1.165) is 5.56 Å². The van der Waals surface area contributed by atoms with E-state index in [9.17, 15) is 4.79 Å². The third kappa shape index (κ3) is 3.37. The average Bonchev–Trinajstić information content (AvgIpc) is 2.43. The van der Waals surface area contributed by atoms with Gasteiger partial charge in [0.25, 0.3) is 0 Å². The van der Waals surface area contributed by atoms with Crippen LogP contribution in [-0.2, 0) is 16.0 Å². The molecule has 0 radical (unpaired) electrons. The summed E-state index contributed by atoms with van der Waals surface area (Å²) < 4.78 is 15.1. The van der Waals surface area contributed by atoms with Gasteiger partial charge in [0, 0.05) is 6.54 Å². The van der Waals surface area contributed by atoms with Crippen LogP contribution in [-0.4, -0.2) is 33.8 Å². The van der Waals surface area contributed by atoms with E-state index in [1.54, 1.807) is 20.3 Å². The first-order chi connectivity index (χ1) is 8.65. The molecule has 0 aliphatic heterocycles. The molecule has 0 heterocycles. The van der Waals surface area contributed by atoms with Crippen LogP contribution in [0.25, 0.3) is 0 Å². The Bertz CT molecular complexity index is 406. The van der Waals surface area contributed by atoms with Gasteiger partial charge in [-0.25, -0.2) is 0 Å². The molecular weight excluding hydrogens is 234 g/mol. The quantitative estimate of drug-likeness (QED) is 0.766. The average molecular weight is 253 g/mol. The Balaban J connectivity index is 2.87. The first kappa shape index (κ1) is 14.3. The zero-order valence-electron chi connectivity index (χ0n) is 10.9. The third-order valence-electron chi connectivity index (χ3n) is 2.75. The number of ether oxygens (including phenoxy) is 3. The van der Waals surface area contributed by atoms with Gasteiger partial charge in [-0.3, -0.25) is 4.79 Å². The molecule has 0 aliphatic rings. The summed E-state index contributed by atoms with van der Waals surface area (Å²) in [6, 6.07) is 5.52. The Morgan fingerprint density at radius 1 is 1.22 bits per heavy atom. The fourth-order valence-electron chi connectivity index (χ4n) is 1.72. The minimum atomic E-state index is -0.340. The van der Waals surface area contributed by atoms with Gasteiger partial charge >= 0.3 is 5.97 Å². The minimum absolute atomic E-state index is 0.251. The lowest BCUT2D eigenvalue weighted by Crippen LogP contribution is -2.26. The third-order valence-corrected chi connectivity index (χ3v) is 2.75. The van der Waals surface area contributed by atoms with E-state index in [1.807, 2.05) is 12.1 Å². The van der Waals surface area contributed by atoms with Crippen LogP contribution in [0.5, 0.6) is 11.5 Å². The minimum Gasteiger partial charge on any atom is -0.493 e. The molecule has 1 aromatic rings. The van der Waals surface area contributed by atoms with Gasteiger partial charge in [0.15, 0.2) is 11.5 Å². The highest BCUT2D eigenvalue weighted by molar-refractivity contribution is 5.73. The lowest BCUT2D eigenvalue weighted by molar-refractivity contribution is -0.145. The van der Waals surface area contributed by atoms with Crippen molar-refractivity contribution in [3.63, 3.8) is 0 Å². The van der Waals surface area contributed by atoms with Gasteiger partial charge in [-0.05, 0) is 24.1 Å². The van der Waals surface area contributed by atoms with E-state index in [2.05, 4.69) is 0 Å². The Hall–Kier alpha value is -1.75. The Kier molecular flexibility index (Phi) is 5.45. The number of esters is 1. The van der Waals surface area contributed by atoms with Gasteiger partial charge in [-0.15, -0.1) is 0 Å². The zero-order chi connectivity index (χ0) is 13.5. The van der Waals surface area contributed by atoms with Crippen LogP contribution in [0.4, 0.5) is 0 Å². The van der Waals surface area contributed by atoms with Crippen molar-refractivity contribution in [2.45, 2.75) is 6.42 Å². The van der Waals surface area contributed by atoms with Gasteiger partial charge in [0.2, 0.25) is 0 Å². The highest BCUT2D eigenvalue weighted by Gasteiger charge is 2.18. The van der Waals surface area contributed by atoms with E-state index >= 15 is 0 Å². The van der Waals surface area contributed by atoms with Gasteiger partial charge in [-0.1, -0.05) is 6.07 Å². The largest absolute Gasteiger partial charge is 0.493 e. The summed E-state index contributed by atoms with van der Waals surface area (Å²) in [6.45, 7) is 0.251. The standard InChI is InChI=1S/C13H19NO4/c1-16-11-5-4-9(7-12(11)17-2)6-10(8-14)13(15)18-3/h4-5,7,10H,6,8,14H2,1-3H3/t10-/m0/s1. The number of rotatable bonds is 6. The van der Waals surface area contributed by atoms with Crippen molar-refractivity contribution in [2.24, 2.45) is 11.7 Å². The number of carbonyl (C=O) groups excluding carboxylic acids is 1. The molecule has 2 N–H and O–H groups in total. The van der Waals surface area contributed by atoms with Crippen molar-refractivity contribution in [1.29, 1.82) is 0 Å². The summed E-state index contributed by atoms with van der Waals surface area (Å²) in [4.78, 5) is 11.5. The second-order valence-corrected chi connectivity index (χ2v) is 3.85. The Morgan fingerprint density at radius 2 is 1.89 bits per heavy atom. The molecule has 1 aromatic carbocycles. The van der Waals surface area contributed by atoms with Crippen molar-refractivity contribution in [3.8, 4) is 11.5 Å². The molecule has 0 aliphatic carbocycles. The van der Waals surface area contributed by atoms with Gasteiger partial charge in [-0.2, -0.15) is 0 Å². The molecular formula is C13H19NO4. The molecule has 0 fully saturated rings. The van der Waals surface area contributed by atoms with Crippen molar-refractivity contribution in [2.75, 3.05) is 27.9 Å². The normalized spacial score (nSPS) is 11.8. The van der Waals surface area contributed by atoms with Crippen LogP contribution in [0.2, 0.25) is 0 Å². The molecule has 0 saturated carbocycles. The van der Waals surface area contributed by atoms with E-state index in [1.165, 1.54) is 7.11 Å². The van der Waals surface area contributed by atoms with E-state index in [-0.39, 0.29) is 18.4 Å². The molecule has 0 saturated heterocycles. The van der Waals surface area contributed by atoms with E-state index in [4.69, 9.17) is 19.9 Å². The Morgan fingerprint density at radius 3 is 2.39 bits per heavy atom. The first-order valence-corrected chi connectivity index (χ1v) is 5.65. The SMILES string of the molecule is COC(=O)[C@H](CN)Cc1ccc(OC)c(OC)c1. The van der Waals surface area contributed by atoms with Crippen LogP contribution in [0.15, 0.2) is 18.2 Å². The van der Waals surface area contributed by atoms with Crippen molar-refractivity contribution in [3.05, 3.63) is 23.8 Å². The summed E-state index contributed by atoms with van der Waals surface area (Å²) in [5, 5.41) is 0. The summed E-state index contributed by atoms with van der Waals surface area (Å²) in [7, 11) is 4.51. The summed E-state index contributed by atoms with van der Waals surface area (Å²) in [5.74, 6) is 0.652. The summed E-state index contributed by atoms with van der Waals surface area (Å²) >= 11 is 0.